The van der Waals surface area contributed by atoms with Crippen LogP contribution in [-0.4, -0.2) is 13.7 Å². The fourth-order valence-electron chi connectivity index (χ4n) is 1.05. The molecule has 0 amide bonds. The molecule has 0 aliphatic carbocycles. The predicted octanol–water partition coefficient (Wildman–Crippen LogP) is 3.54. The Morgan fingerprint density at radius 3 is 2.43 bits per heavy atom. The fraction of sp³-hybridized carbons (Fsp3) is 0.500. The summed E-state index contributed by atoms with van der Waals surface area (Å²) in [5.41, 5.74) is 1.07. The maximum absolute atomic E-state index is 5.18. The van der Waals surface area contributed by atoms with Crippen LogP contribution >= 0.6 is 0 Å². The average Bonchev–Trinajstić information content (AvgIpc) is 2.29. The first kappa shape index (κ1) is 12.8. The van der Waals surface area contributed by atoms with Crippen molar-refractivity contribution < 1.29 is 4.74 Å². The zero-order chi connectivity index (χ0) is 10.8. The number of nitrogens with one attached hydrogen (secondary N) is 1. The Morgan fingerprint density at radius 1 is 1.21 bits per heavy atom. The zero-order valence-corrected chi connectivity index (χ0v) is 9.63. The molecule has 0 radical (unpaired) electrons. The van der Waals surface area contributed by atoms with E-state index in [2.05, 4.69) is 12.2 Å². The minimum atomic E-state index is 0.908. The average molecular weight is 195 g/mol. The zero-order valence-electron chi connectivity index (χ0n) is 9.63. The molecule has 0 saturated heterocycles. The normalized spacial score (nSPS) is 8.57. The molecule has 0 bridgehead atoms. The van der Waals surface area contributed by atoms with Gasteiger partial charge in [0, 0.05) is 6.54 Å². The van der Waals surface area contributed by atoms with Gasteiger partial charge >= 0.3 is 0 Å². The van der Waals surface area contributed by atoms with Gasteiger partial charge in [-0.25, -0.2) is 0 Å². The van der Waals surface area contributed by atoms with Crippen LogP contribution in [0.2, 0.25) is 0 Å². The summed E-state index contributed by atoms with van der Waals surface area (Å²) < 4.78 is 5.18. The number of ether oxygens (including phenoxy) is 1. The van der Waals surface area contributed by atoms with E-state index in [1.807, 2.05) is 38.1 Å². The number of methoxy groups -OCH3 is 1. The van der Waals surface area contributed by atoms with Gasteiger partial charge in [0.15, 0.2) is 0 Å². The van der Waals surface area contributed by atoms with Crippen molar-refractivity contribution in [1.82, 2.24) is 0 Å². The number of benzene rings is 1. The quantitative estimate of drug-likeness (QED) is 0.793. The van der Waals surface area contributed by atoms with Gasteiger partial charge in [-0.1, -0.05) is 32.9 Å². The number of anilines is 1. The molecule has 2 nitrogen and oxygen atoms in total. The summed E-state index contributed by atoms with van der Waals surface area (Å²) in [5.74, 6) is 0.908. The van der Waals surface area contributed by atoms with Gasteiger partial charge in [0.2, 0.25) is 0 Å². The van der Waals surface area contributed by atoms with E-state index in [1.54, 1.807) is 7.11 Å². The molecule has 1 aromatic carbocycles. The van der Waals surface area contributed by atoms with E-state index >= 15 is 0 Å². The molecule has 0 aliphatic heterocycles. The number of para-hydroxylation sites is 2. The van der Waals surface area contributed by atoms with Crippen LogP contribution in [0, 0.1) is 0 Å². The molecule has 0 spiro atoms. The van der Waals surface area contributed by atoms with E-state index in [9.17, 15) is 0 Å². The largest absolute Gasteiger partial charge is 0.495 e. The molecule has 0 saturated carbocycles. The Balaban J connectivity index is 0.000000791. The van der Waals surface area contributed by atoms with Crippen LogP contribution in [0.1, 0.15) is 27.2 Å². The highest BCUT2D eigenvalue weighted by molar-refractivity contribution is 5.55. The summed E-state index contributed by atoms with van der Waals surface area (Å²) in [6.07, 6.45) is 1.12. The van der Waals surface area contributed by atoms with E-state index in [0.717, 1.165) is 24.4 Å². The van der Waals surface area contributed by atoms with Crippen molar-refractivity contribution in [2.24, 2.45) is 0 Å². The van der Waals surface area contributed by atoms with Gasteiger partial charge < -0.3 is 10.1 Å². The van der Waals surface area contributed by atoms with Crippen LogP contribution in [0.5, 0.6) is 5.75 Å². The second-order valence-electron chi connectivity index (χ2n) is 2.63. The summed E-state index contributed by atoms with van der Waals surface area (Å²) in [6.45, 7) is 7.13. The topological polar surface area (TPSA) is 21.3 Å². The maximum atomic E-state index is 5.18. The molecule has 0 heterocycles. The molecule has 1 rings (SSSR count). The number of rotatable bonds is 4. The van der Waals surface area contributed by atoms with Crippen LogP contribution in [0.25, 0.3) is 0 Å². The lowest BCUT2D eigenvalue weighted by molar-refractivity contribution is 0.416. The molecule has 0 atom stereocenters. The van der Waals surface area contributed by atoms with Crippen molar-refractivity contribution in [2.45, 2.75) is 27.2 Å². The van der Waals surface area contributed by atoms with Gasteiger partial charge in [0.05, 0.1) is 12.8 Å². The molecule has 14 heavy (non-hydrogen) atoms. The first-order valence-corrected chi connectivity index (χ1v) is 5.25. The molecule has 0 aliphatic rings. The third-order valence-corrected chi connectivity index (χ3v) is 1.67. The fourth-order valence-corrected chi connectivity index (χ4v) is 1.05. The Hall–Kier alpha value is -1.18. The molecule has 1 aromatic rings. The van der Waals surface area contributed by atoms with Crippen molar-refractivity contribution >= 4 is 5.69 Å². The van der Waals surface area contributed by atoms with Gasteiger partial charge in [-0.2, -0.15) is 0 Å². The lowest BCUT2D eigenvalue weighted by Crippen LogP contribution is -2.01. The summed E-state index contributed by atoms with van der Waals surface area (Å²) in [4.78, 5) is 0. The van der Waals surface area contributed by atoms with Crippen molar-refractivity contribution in [3.05, 3.63) is 24.3 Å². The summed E-state index contributed by atoms with van der Waals surface area (Å²) in [5, 5.41) is 3.29. The smallest absolute Gasteiger partial charge is 0.141 e. The van der Waals surface area contributed by atoms with E-state index in [1.165, 1.54) is 0 Å². The van der Waals surface area contributed by atoms with Gasteiger partial charge in [-0.05, 0) is 18.6 Å². The molecule has 80 valence electrons. The SMILES string of the molecule is CC.CCCNc1ccccc1OC. The maximum Gasteiger partial charge on any atom is 0.141 e. The molecular weight excluding hydrogens is 174 g/mol. The van der Waals surface area contributed by atoms with Crippen LogP contribution in [0.15, 0.2) is 24.3 Å². The second kappa shape index (κ2) is 8.42. The highest BCUT2D eigenvalue weighted by Crippen LogP contribution is 2.22. The van der Waals surface area contributed by atoms with E-state index in [4.69, 9.17) is 4.74 Å². The lowest BCUT2D eigenvalue weighted by Gasteiger charge is -2.09. The van der Waals surface area contributed by atoms with E-state index in [0.29, 0.717) is 0 Å². The van der Waals surface area contributed by atoms with Gasteiger partial charge in [-0.3, -0.25) is 0 Å². The van der Waals surface area contributed by atoms with Crippen molar-refractivity contribution in [1.29, 1.82) is 0 Å². The third-order valence-electron chi connectivity index (χ3n) is 1.67. The first-order chi connectivity index (χ1) is 6.88. The highest BCUT2D eigenvalue weighted by atomic mass is 16.5. The monoisotopic (exact) mass is 195 g/mol. The van der Waals surface area contributed by atoms with Crippen LogP contribution in [-0.2, 0) is 0 Å². The summed E-state index contributed by atoms with van der Waals surface area (Å²) >= 11 is 0. The Morgan fingerprint density at radius 2 is 1.86 bits per heavy atom. The molecular formula is C12H21NO. The van der Waals surface area contributed by atoms with Crippen LogP contribution < -0.4 is 10.1 Å². The first-order valence-electron chi connectivity index (χ1n) is 5.25. The Bertz CT molecular complexity index is 236. The van der Waals surface area contributed by atoms with E-state index < -0.39 is 0 Å². The number of hydrogen-bond acceptors (Lipinski definition) is 2. The van der Waals surface area contributed by atoms with Crippen LogP contribution in [0.4, 0.5) is 5.69 Å². The molecule has 0 aromatic heterocycles. The Kier molecular flexibility index (Phi) is 7.71. The third kappa shape index (κ3) is 4.17. The summed E-state index contributed by atoms with van der Waals surface area (Å²) in [7, 11) is 1.69. The molecule has 0 unspecified atom stereocenters. The predicted molar refractivity (Wildman–Crippen MR) is 63.1 cm³/mol. The van der Waals surface area contributed by atoms with Crippen molar-refractivity contribution in [3.8, 4) is 5.75 Å². The summed E-state index contributed by atoms with van der Waals surface area (Å²) in [6, 6.07) is 7.95. The minimum absolute atomic E-state index is 0.908. The van der Waals surface area contributed by atoms with Gasteiger partial charge in [0.1, 0.15) is 5.75 Å². The highest BCUT2D eigenvalue weighted by Gasteiger charge is 1.97. The van der Waals surface area contributed by atoms with Crippen molar-refractivity contribution in [3.63, 3.8) is 0 Å². The van der Waals surface area contributed by atoms with Crippen molar-refractivity contribution in [2.75, 3.05) is 19.0 Å². The molecule has 0 fully saturated rings. The van der Waals surface area contributed by atoms with Crippen LogP contribution in [0.3, 0.4) is 0 Å². The number of hydrogen-bond donors (Lipinski definition) is 1. The standard InChI is InChI=1S/C10H15NO.C2H6/c1-3-8-11-9-6-4-5-7-10(9)12-2;1-2/h4-7,11H,3,8H2,1-2H3;1-2H3. The minimum Gasteiger partial charge on any atom is -0.495 e. The van der Waals surface area contributed by atoms with Gasteiger partial charge in [-0.15, -0.1) is 0 Å². The van der Waals surface area contributed by atoms with E-state index in [-0.39, 0.29) is 0 Å². The Labute approximate surface area is 87.3 Å². The van der Waals surface area contributed by atoms with Gasteiger partial charge in [0.25, 0.3) is 0 Å². The molecule has 1 N–H and O–H groups in total. The molecule has 2 heteroatoms. The lowest BCUT2D eigenvalue weighted by atomic mass is 10.3. The second-order valence-corrected chi connectivity index (χ2v) is 2.63.